The first-order valence-electron chi connectivity index (χ1n) is 30.1. The molecule has 0 fully saturated rings. The molecule has 0 aromatic heterocycles. The summed E-state index contributed by atoms with van der Waals surface area (Å²) in [4.78, 5) is 24.3. The predicted octanol–water partition coefficient (Wildman–Crippen LogP) is 20.1. The fraction of sp³-hybridized carbons (Fsp3) is 0.967. The molecule has 0 amide bonds. The molecule has 0 saturated heterocycles. The molecule has 0 radical (unpaired) electrons. The number of hydrogen-bond acceptors (Lipinski definition) is 5. The molecule has 5 heteroatoms. The third kappa shape index (κ3) is 55.4. The first-order valence-corrected chi connectivity index (χ1v) is 30.1. The standard InChI is InChI=1S/C60H118O5/c1-3-5-7-9-11-13-15-16-17-18-19-20-21-22-23-24-25-26-27-28-29-30-31-32-33-34-35-36-37-38-39-40-41-42-43-44-45-47-49-51-53-55-60(63)65-58(56-61)57-64-59(62)54-52-50-48-46-14-12-10-8-6-4-2/h58,61H,3-57H2,1-2H3. The van der Waals surface area contributed by atoms with Gasteiger partial charge in [-0.3, -0.25) is 9.59 Å². The van der Waals surface area contributed by atoms with E-state index in [0.717, 1.165) is 38.5 Å². The van der Waals surface area contributed by atoms with E-state index in [-0.39, 0.29) is 25.2 Å². The first kappa shape index (κ1) is 63.9. The van der Waals surface area contributed by atoms with Crippen molar-refractivity contribution in [3.63, 3.8) is 0 Å². The van der Waals surface area contributed by atoms with E-state index in [1.54, 1.807) is 0 Å². The number of carbonyl (C=O) groups excluding carboxylic acids is 2. The van der Waals surface area contributed by atoms with Crippen molar-refractivity contribution in [2.45, 2.75) is 360 Å². The normalized spacial score (nSPS) is 12.0. The minimum absolute atomic E-state index is 0.0569. The van der Waals surface area contributed by atoms with Gasteiger partial charge in [-0.25, -0.2) is 0 Å². The van der Waals surface area contributed by atoms with E-state index in [9.17, 15) is 14.7 Å². The fourth-order valence-electron chi connectivity index (χ4n) is 9.62. The molecule has 0 aliphatic carbocycles. The Morgan fingerprint density at radius 2 is 0.477 bits per heavy atom. The lowest BCUT2D eigenvalue weighted by atomic mass is 10.0. The van der Waals surface area contributed by atoms with Crippen LogP contribution in [0, 0.1) is 0 Å². The lowest BCUT2D eigenvalue weighted by Gasteiger charge is -2.15. The summed E-state index contributed by atoms with van der Waals surface area (Å²) in [6.07, 6.45) is 70.0. The quantitative estimate of drug-likeness (QED) is 0.0486. The SMILES string of the molecule is CCCCCCCCCCCCCCCCCCCCCCCCCCCCCCCCCCCCCCCCCCCC(=O)OC(CO)COC(=O)CCCCCCCCCCCC. The van der Waals surface area contributed by atoms with Gasteiger partial charge in [0.1, 0.15) is 6.61 Å². The summed E-state index contributed by atoms with van der Waals surface area (Å²) < 4.78 is 10.6. The smallest absolute Gasteiger partial charge is 0.306 e. The number of ether oxygens (including phenoxy) is 2. The molecule has 0 aromatic carbocycles. The second-order valence-electron chi connectivity index (χ2n) is 20.8. The van der Waals surface area contributed by atoms with E-state index in [4.69, 9.17) is 9.47 Å². The van der Waals surface area contributed by atoms with Gasteiger partial charge >= 0.3 is 11.9 Å². The predicted molar refractivity (Wildman–Crippen MR) is 284 cm³/mol. The van der Waals surface area contributed by atoms with Gasteiger partial charge < -0.3 is 14.6 Å². The van der Waals surface area contributed by atoms with Gasteiger partial charge in [0.05, 0.1) is 6.61 Å². The van der Waals surface area contributed by atoms with Crippen LogP contribution >= 0.6 is 0 Å². The minimum atomic E-state index is -0.762. The van der Waals surface area contributed by atoms with Crippen LogP contribution in [0.5, 0.6) is 0 Å². The Bertz CT molecular complexity index is 906. The first-order chi connectivity index (χ1) is 32.1. The summed E-state index contributed by atoms with van der Waals surface area (Å²) in [5, 5.41) is 9.60. The monoisotopic (exact) mass is 919 g/mol. The number of aliphatic hydroxyl groups is 1. The minimum Gasteiger partial charge on any atom is -0.462 e. The van der Waals surface area contributed by atoms with Crippen LogP contribution in [0.4, 0.5) is 0 Å². The van der Waals surface area contributed by atoms with E-state index in [1.807, 2.05) is 0 Å². The Kier molecular flexibility index (Phi) is 56.3. The largest absolute Gasteiger partial charge is 0.462 e. The fourth-order valence-corrected chi connectivity index (χ4v) is 9.62. The van der Waals surface area contributed by atoms with Crippen molar-refractivity contribution in [1.82, 2.24) is 0 Å². The van der Waals surface area contributed by atoms with E-state index >= 15 is 0 Å². The van der Waals surface area contributed by atoms with Gasteiger partial charge in [-0.2, -0.15) is 0 Å². The number of carbonyl (C=O) groups is 2. The molecule has 1 unspecified atom stereocenters. The maximum atomic E-state index is 12.3. The second kappa shape index (κ2) is 57.2. The second-order valence-corrected chi connectivity index (χ2v) is 20.8. The molecular weight excluding hydrogens is 801 g/mol. The third-order valence-corrected chi connectivity index (χ3v) is 14.2. The van der Waals surface area contributed by atoms with E-state index < -0.39 is 6.10 Å². The molecule has 0 spiro atoms. The van der Waals surface area contributed by atoms with Gasteiger partial charge in [0.25, 0.3) is 0 Å². The lowest BCUT2D eigenvalue weighted by molar-refractivity contribution is -0.161. The summed E-state index contributed by atoms with van der Waals surface area (Å²) in [5.41, 5.74) is 0. The van der Waals surface area contributed by atoms with Crippen LogP contribution in [0.3, 0.4) is 0 Å². The van der Waals surface area contributed by atoms with E-state index in [1.165, 1.54) is 289 Å². The molecule has 1 N–H and O–H groups in total. The lowest BCUT2D eigenvalue weighted by Crippen LogP contribution is -2.28. The van der Waals surface area contributed by atoms with Gasteiger partial charge in [-0.05, 0) is 12.8 Å². The zero-order valence-corrected chi connectivity index (χ0v) is 44.5. The van der Waals surface area contributed by atoms with Crippen LogP contribution in [-0.4, -0.2) is 36.4 Å². The highest BCUT2D eigenvalue weighted by Gasteiger charge is 2.16. The van der Waals surface area contributed by atoms with Crippen molar-refractivity contribution in [2.24, 2.45) is 0 Å². The Morgan fingerprint density at radius 3 is 0.677 bits per heavy atom. The van der Waals surface area contributed by atoms with Gasteiger partial charge in [0, 0.05) is 12.8 Å². The van der Waals surface area contributed by atoms with Crippen LogP contribution in [0.1, 0.15) is 354 Å². The molecule has 0 aromatic rings. The molecule has 1 atom stereocenters. The van der Waals surface area contributed by atoms with Crippen molar-refractivity contribution in [3.8, 4) is 0 Å². The average Bonchev–Trinajstić information content (AvgIpc) is 3.31. The number of rotatable bonds is 57. The Hall–Kier alpha value is -1.10. The van der Waals surface area contributed by atoms with Crippen LogP contribution in [0.2, 0.25) is 0 Å². The van der Waals surface area contributed by atoms with Gasteiger partial charge in [0.2, 0.25) is 0 Å². The number of esters is 2. The van der Waals surface area contributed by atoms with Crippen molar-refractivity contribution in [2.75, 3.05) is 13.2 Å². The van der Waals surface area contributed by atoms with Gasteiger partial charge in [0.15, 0.2) is 6.10 Å². The summed E-state index contributed by atoms with van der Waals surface area (Å²) in [6, 6.07) is 0. The van der Waals surface area contributed by atoms with Crippen LogP contribution in [0.15, 0.2) is 0 Å². The van der Waals surface area contributed by atoms with Gasteiger partial charge in [-0.15, -0.1) is 0 Å². The molecule has 0 heterocycles. The summed E-state index contributed by atoms with van der Waals surface area (Å²) >= 11 is 0. The van der Waals surface area contributed by atoms with Crippen LogP contribution in [-0.2, 0) is 19.1 Å². The topological polar surface area (TPSA) is 72.8 Å². The molecule has 0 aliphatic rings. The zero-order chi connectivity index (χ0) is 47.0. The van der Waals surface area contributed by atoms with Crippen LogP contribution < -0.4 is 0 Å². The highest BCUT2D eigenvalue weighted by molar-refractivity contribution is 5.70. The van der Waals surface area contributed by atoms with Crippen molar-refractivity contribution in [3.05, 3.63) is 0 Å². The molecule has 0 saturated carbocycles. The van der Waals surface area contributed by atoms with Gasteiger partial charge in [-0.1, -0.05) is 328 Å². The summed E-state index contributed by atoms with van der Waals surface area (Å²) in [5.74, 6) is -0.571. The van der Waals surface area contributed by atoms with Crippen molar-refractivity contribution in [1.29, 1.82) is 0 Å². The molecule has 388 valence electrons. The highest BCUT2D eigenvalue weighted by atomic mass is 16.6. The maximum absolute atomic E-state index is 12.3. The Balaban J connectivity index is 3.28. The Labute approximate surface area is 408 Å². The molecule has 0 rings (SSSR count). The number of unbranched alkanes of at least 4 members (excludes halogenated alkanes) is 49. The third-order valence-electron chi connectivity index (χ3n) is 14.2. The molecule has 5 nitrogen and oxygen atoms in total. The molecule has 0 bridgehead atoms. The summed E-state index contributed by atoms with van der Waals surface area (Å²) in [6.45, 7) is 4.17. The molecule has 65 heavy (non-hydrogen) atoms. The number of aliphatic hydroxyl groups excluding tert-OH is 1. The maximum Gasteiger partial charge on any atom is 0.306 e. The molecular formula is C60H118O5. The molecule has 0 aliphatic heterocycles. The number of hydrogen-bond donors (Lipinski definition) is 1. The van der Waals surface area contributed by atoms with E-state index in [2.05, 4.69) is 13.8 Å². The summed E-state index contributed by atoms with van der Waals surface area (Å²) in [7, 11) is 0. The van der Waals surface area contributed by atoms with E-state index in [0.29, 0.717) is 12.8 Å². The highest BCUT2D eigenvalue weighted by Crippen LogP contribution is 2.19. The van der Waals surface area contributed by atoms with Crippen molar-refractivity contribution < 1.29 is 24.2 Å². The average molecular weight is 920 g/mol. The zero-order valence-electron chi connectivity index (χ0n) is 44.5. The Morgan fingerprint density at radius 1 is 0.292 bits per heavy atom. The van der Waals surface area contributed by atoms with Crippen LogP contribution in [0.25, 0.3) is 0 Å². The van der Waals surface area contributed by atoms with Crippen molar-refractivity contribution >= 4 is 11.9 Å².